The fourth-order valence-corrected chi connectivity index (χ4v) is 1.69. The van der Waals surface area contributed by atoms with Crippen LogP contribution in [-0.4, -0.2) is 0 Å². The third-order valence-corrected chi connectivity index (χ3v) is 2.52. The summed E-state index contributed by atoms with van der Waals surface area (Å²) in [5.74, 6) is 0. The molecular formula is C11H12Ti. The summed E-state index contributed by atoms with van der Waals surface area (Å²) in [5.41, 5.74) is 5.93. The number of benzene rings is 1. The minimum absolute atomic E-state index is 0. The van der Waals surface area contributed by atoms with Crippen LogP contribution in [0.15, 0.2) is 29.8 Å². The molecule has 0 radical (unpaired) electrons. The minimum Gasteiger partial charge on any atom is -0.0654 e. The van der Waals surface area contributed by atoms with Gasteiger partial charge in [-0.3, -0.25) is 0 Å². The Morgan fingerprint density at radius 3 is 2.42 bits per heavy atom. The van der Waals surface area contributed by atoms with Crippen LogP contribution in [0.25, 0.3) is 5.57 Å². The first-order valence-corrected chi connectivity index (χ1v) is 4.03. The molecule has 0 nitrogen and oxygen atoms in total. The van der Waals surface area contributed by atoms with E-state index in [4.69, 9.17) is 0 Å². The molecule has 12 heavy (non-hydrogen) atoms. The van der Waals surface area contributed by atoms with E-state index < -0.39 is 0 Å². The normalized spacial score (nSPS) is 14.2. The molecule has 0 bridgehead atoms. The van der Waals surface area contributed by atoms with Gasteiger partial charge < -0.3 is 0 Å². The second kappa shape index (κ2) is 3.59. The molecule has 0 spiro atoms. The molecule has 60 valence electrons. The van der Waals surface area contributed by atoms with Gasteiger partial charge in [-0.15, -0.1) is 0 Å². The van der Waals surface area contributed by atoms with Crippen LogP contribution in [0.1, 0.15) is 25.0 Å². The van der Waals surface area contributed by atoms with Gasteiger partial charge in [0, 0.05) is 21.7 Å². The quantitative estimate of drug-likeness (QED) is 0.554. The van der Waals surface area contributed by atoms with E-state index in [0.29, 0.717) is 0 Å². The van der Waals surface area contributed by atoms with Gasteiger partial charge in [0.05, 0.1) is 0 Å². The van der Waals surface area contributed by atoms with Crippen molar-refractivity contribution in [3.05, 3.63) is 41.0 Å². The predicted molar refractivity (Wildman–Crippen MR) is 48.4 cm³/mol. The zero-order valence-electron chi connectivity index (χ0n) is 7.52. The Bertz CT molecular complexity index is 324. The van der Waals surface area contributed by atoms with Crippen molar-refractivity contribution in [3.8, 4) is 0 Å². The number of hydrogen-bond donors (Lipinski definition) is 0. The smallest absolute Gasteiger partial charge is 0 e. The van der Waals surface area contributed by atoms with E-state index in [0.717, 1.165) is 6.42 Å². The summed E-state index contributed by atoms with van der Waals surface area (Å²) in [7, 11) is 0. The number of hydrogen-bond acceptors (Lipinski definition) is 0. The van der Waals surface area contributed by atoms with Gasteiger partial charge in [0.2, 0.25) is 0 Å². The van der Waals surface area contributed by atoms with Gasteiger partial charge in [0.15, 0.2) is 0 Å². The SMILES string of the molecule is CC1=C(C)c2ccccc2C1.[Ti]. The Hall–Kier alpha value is -0.326. The zero-order chi connectivity index (χ0) is 7.84. The van der Waals surface area contributed by atoms with Crippen molar-refractivity contribution >= 4 is 5.57 Å². The molecule has 0 saturated heterocycles. The summed E-state index contributed by atoms with van der Waals surface area (Å²) in [5, 5.41) is 0. The topological polar surface area (TPSA) is 0 Å². The van der Waals surface area contributed by atoms with Crippen molar-refractivity contribution in [1.29, 1.82) is 0 Å². The van der Waals surface area contributed by atoms with Gasteiger partial charge >= 0.3 is 0 Å². The van der Waals surface area contributed by atoms with E-state index >= 15 is 0 Å². The van der Waals surface area contributed by atoms with Gasteiger partial charge in [0.1, 0.15) is 0 Å². The predicted octanol–water partition coefficient (Wildman–Crippen LogP) is 3.03. The first-order chi connectivity index (χ1) is 5.29. The zero-order valence-corrected chi connectivity index (χ0v) is 9.08. The summed E-state index contributed by atoms with van der Waals surface area (Å²) in [6.45, 7) is 4.43. The maximum Gasteiger partial charge on any atom is 0 e. The summed E-state index contributed by atoms with van der Waals surface area (Å²) < 4.78 is 0. The van der Waals surface area contributed by atoms with Gasteiger partial charge in [-0.2, -0.15) is 0 Å². The van der Waals surface area contributed by atoms with Gasteiger partial charge in [-0.05, 0) is 37.0 Å². The summed E-state index contributed by atoms with van der Waals surface area (Å²) in [6, 6.07) is 8.65. The average molecular weight is 192 g/mol. The second-order valence-electron chi connectivity index (χ2n) is 3.24. The van der Waals surface area contributed by atoms with Crippen LogP contribution in [0.5, 0.6) is 0 Å². The standard InChI is InChI=1S/C11H12.Ti/c1-8-7-10-5-3-4-6-11(10)9(8)2;/h3-6H,7H2,1-2H3;. The molecule has 0 amide bonds. The summed E-state index contributed by atoms with van der Waals surface area (Å²) in [6.07, 6.45) is 1.15. The van der Waals surface area contributed by atoms with Crippen molar-refractivity contribution < 1.29 is 21.7 Å². The molecule has 1 aromatic carbocycles. The van der Waals surface area contributed by atoms with E-state index in [-0.39, 0.29) is 21.7 Å². The van der Waals surface area contributed by atoms with E-state index in [1.54, 1.807) is 0 Å². The molecule has 0 heterocycles. The van der Waals surface area contributed by atoms with Crippen LogP contribution in [-0.2, 0) is 28.1 Å². The first kappa shape index (κ1) is 9.76. The largest absolute Gasteiger partial charge is 0.0654 e. The molecule has 1 aromatic rings. The Morgan fingerprint density at radius 2 is 1.75 bits per heavy atom. The molecule has 0 N–H and O–H groups in total. The van der Waals surface area contributed by atoms with E-state index in [1.807, 2.05) is 0 Å². The van der Waals surface area contributed by atoms with E-state index in [9.17, 15) is 0 Å². The first-order valence-electron chi connectivity index (χ1n) is 4.03. The molecule has 0 saturated carbocycles. The fraction of sp³-hybridized carbons (Fsp3) is 0.273. The Kier molecular flexibility index (Phi) is 2.92. The van der Waals surface area contributed by atoms with Crippen LogP contribution in [0, 0.1) is 0 Å². The van der Waals surface area contributed by atoms with Crippen molar-refractivity contribution in [1.82, 2.24) is 0 Å². The molecule has 0 aliphatic heterocycles. The van der Waals surface area contributed by atoms with Crippen LogP contribution in [0.3, 0.4) is 0 Å². The van der Waals surface area contributed by atoms with Crippen molar-refractivity contribution in [2.24, 2.45) is 0 Å². The molecule has 1 aliphatic rings. The van der Waals surface area contributed by atoms with Crippen LogP contribution in [0.4, 0.5) is 0 Å². The van der Waals surface area contributed by atoms with E-state index in [1.165, 1.54) is 22.3 Å². The van der Waals surface area contributed by atoms with Gasteiger partial charge in [-0.1, -0.05) is 29.8 Å². The maximum atomic E-state index is 2.22. The second-order valence-corrected chi connectivity index (χ2v) is 3.24. The third kappa shape index (κ3) is 1.42. The monoisotopic (exact) mass is 192 g/mol. The Morgan fingerprint density at radius 1 is 1.08 bits per heavy atom. The van der Waals surface area contributed by atoms with E-state index in [2.05, 4.69) is 38.1 Å². The van der Waals surface area contributed by atoms with Crippen molar-refractivity contribution in [3.63, 3.8) is 0 Å². The molecule has 2 rings (SSSR count). The van der Waals surface area contributed by atoms with Crippen molar-refractivity contribution in [2.75, 3.05) is 0 Å². The van der Waals surface area contributed by atoms with Crippen molar-refractivity contribution in [2.45, 2.75) is 20.3 Å². The van der Waals surface area contributed by atoms with Gasteiger partial charge in [-0.25, -0.2) is 0 Å². The van der Waals surface area contributed by atoms with Crippen LogP contribution in [0.2, 0.25) is 0 Å². The molecule has 0 fully saturated rings. The Balaban J connectivity index is 0.000000720. The number of rotatable bonds is 0. The number of allylic oxidation sites excluding steroid dienone is 2. The summed E-state index contributed by atoms with van der Waals surface area (Å²) >= 11 is 0. The number of fused-ring (bicyclic) bond motifs is 1. The molecule has 0 unspecified atom stereocenters. The minimum atomic E-state index is 0. The molecule has 0 atom stereocenters. The third-order valence-electron chi connectivity index (χ3n) is 2.52. The summed E-state index contributed by atoms with van der Waals surface area (Å²) in [4.78, 5) is 0. The molecular weight excluding hydrogens is 180 g/mol. The van der Waals surface area contributed by atoms with Crippen LogP contribution < -0.4 is 0 Å². The molecule has 1 heteroatoms. The van der Waals surface area contributed by atoms with Crippen LogP contribution >= 0.6 is 0 Å². The molecule has 1 aliphatic carbocycles. The fourth-order valence-electron chi connectivity index (χ4n) is 1.69. The van der Waals surface area contributed by atoms with Gasteiger partial charge in [0.25, 0.3) is 0 Å². The molecule has 0 aromatic heterocycles. The Labute approximate surface area is 88.6 Å². The maximum absolute atomic E-state index is 2.22. The average Bonchev–Trinajstić information content (AvgIpc) is 2.30.